The zero-order valence-corrected chi connectivity index (χ0v) is 14.1. The molecule has 3 rings (SSSR count). The van der Waals surface area contributed by atoms with Gasteiger partial charge < -0.3 is 10.0 Å². The van der Waals surface area contributed by atoms with Crippen molar-refractivity contribution in [3.05, 3.63) is 50.1 Å². The van der Waals surface area contributed by atoms with E-state index in [-0.39, 0.29) is 18.1 Å². The van der Waals surface area contributed by atoms with E-state index in [4.69, 9.17) is 17.0 Å². The number of rotatable bonds is 2. The molecule has 1 aliphatic heterocycles. The maximum Gasteiger partial charge on any atom is 0.139 e. The van der Waals surface area contributed by atoms with Crippen LogP contribution in [0.15, 0.2) is 24.0 Å². The van der Waals surface area contributed by atoms with Crippen LogP contribution in [0.2, 0.25) is 5.02 Å². The fraction of sp³-hybridized carbons (Fsp3) is 0.250. The molecule has 1 aromatic heterocycles. The molecule has 2 heterocycles. The van der Waals surface area contributed by atoms with E-state index in [1.807, 2.05) is 39.0 Å². The van der Waals surface area contributed by atoms with E-state index in [2.05, 4.69) is 4.98 Å². The van der Waals surface area contributed by atoms with Crippen LogP contribution in [-0.4, -0.2) is 22.5 Å². The minimum absolute atomic E-state index is 0.179. The van der Waals surface area contributed by atoms with Crippen molar-refractivity contribution in [3.8, 4) is 0 Å². The van der Waals surface area contributed by atoms with Crippen LogP contribution >= 0.6 is 22.9 Å². The van der Waals surface area contributed by atoms with Gasteiger partial charge in [0.25, 0.3) is 0 Å². The predicted octanol–water partition coefficient (Wildman–Crippen LogP) is 4.49. The Morgan fingerprint density at radius 3 is 2.68 bits per heavy atom. The second-order valence-corrected chi connectivity index (χ2v) is 6.99. The molecular weight excluding hydrogens is 318 g/mol. The highest BCUT2D eigenvalue weighted by atomic mass is 35.5. The van der Waals surface area contributed by atoms with Crippen molar-refractivity contribution in [1.82, 2.24) is 4.98 Å². The first-order valence-electron chi connectivity index (χ1n) is 6.87. The third-order valence-electron chi connectivity index (χ3n) is 3.81. The Labute approximate surface area is 138 Å². The number of thiazole rings is 1. The highest BCUT2D eigenvalue weighted by molar-refractivity contribution is 7.13. The minimum Gasteiger partial charge on any atom is -0.510 e. The number of amidine groups is 1. The van der Waals surface area contributed by atoms with E-state index >= 15 is 0 Å². The topological polar surface area (TPSA) is 60.2 Å². The summed E-state index contributed by atoms with van der Waals surface area (Å²) in [5.41, 5.74) is 3.30. The normalized spacial score (nSPS) is 15.1. The van der Waals surface area contributed by atoms with Crippen LogP contribution in [0.4, 0.5) is 5.69 Å². The van der Waals surface area contributed by atoms with E-state index in [9.17, 15) is 5.11 Å². The monoisotopic (exact) mass is 333 g/mol. The molecule has 0 saturated carbocycles. The first kappa shape index (κ1) is 15.1. The van der Waals surface area contributed by atoms with Crippen LogP contribution < -0.4 is 4.90 Å². The smallest absolute Gasteiger partial charge is 0.139 e. The van der Waals surface area contributed by atoms with E-state index < -0.39 is 0 Å². The Morgan fingerprint density at radius 1 is 1.32 bits per heavy atom. The van der Waals surface area contributed by atoms with Gasteiger partial charge in [-0.15, -0.1) is 11.3 Å². The Balaban J connectivity index is 2.01. The quantitative estimate of drug-likeness (QED) is 0.851. The first-order chi connectivity index (χ1) is 10.4. The number of aryl methyl sites for hydroxylation is 3. The lowest BCUT2D eigenvalue weighted by molar-refractivity contribution is 0.411. The van der Waals surface area contributed by atoms with Gasteiger partial charge in [-0.25, -0.2) is 4.98 Å². The summed E-state index contributed by atoms with van der Waals surface area (Å²) in [6.07, 6.45) is 0. The molecule has 4 nitrogen and oxygen atoms in total. The summed E-state index contributed by atoms with van der Waals surface area (Å²) in [5.74, 6) is 0.440. The molecule has 0 amide bonds. The molecule has 0 saturated heterocycles. The van der Waals surface area contributed by atoms with Gasteiger partial charge in [0.1, 0.15) is 16.6 Å². The number of aliphatic hydroxyl groups is 1. The molecule has 0 atom stereocenters. The number of halogens is 1. The number of hydrogen-bond donors (Lipinski definition) is 2. The van der Waals surface area contributed by atoms with Gasteiger partial charge >= 0.3 is 0 Å². The van der Waals surface area contributed by atoms with Crippen molar-refractivity contribution in [2.75, 3.05) is 11.4 Å². The first-order valence-corrected chi connectivity index (χ1v) is 8.07. The van der Waals surface area contributed by atoms with Crippen molar-refractivity contribution in [3.63, 3.8) is 0 Å². The Kier molecular flexibility index (Phi) is 3.70. The number of nitrogens with one attached hydrogen (secondary N) is 1. The van der Waals surface area contributed by atoms with Gasteiger partial charge in [-0.2, -0.15) is 0 Å². The van der Waals surface area contributed by atoms with Crippen LogP contribution in [0.25, 0.3) is 5.57 Å². The summed E-state index contributed by atoms with van der Waals surface area (Å²) in [4.78, 5) is 7.33. The second-order valence-electron chi connectivity index (χ2n) is 5.35. The number of nitrogens with zero attached hydrogens (tertiary/aromatic N) is 2. The molecule has 0 radical (unpaired) electrons. The summed E-state index contributed by atoms with van der Waals surface area (Å²) in [6, 6.07) is 5.56. The molecule has 0 unspecified atom stereocenters. The maximum absolute atomic E-state index is 10.3. The van der Waals surface area contributed by atoms with Gasteiger partial charge in [0.15, 0.2) is 0 Å². The number of hydrogen-bond acceptors (Lipinski definition) is 4. The number of aromatic nitrogens is 1. The molecule has 0 bridgehead atoms. The molecule has 2 aromatic rings. The lowest BCUT2D eigenvalue weighted by Crippen LogP contribution is -2.26. The van der Waals surface area contributed by atoms with Gasteiger partial charge in [-0.1, -0.05) is 17.7 Å². The molecule has 1 aliphatic rings. The highest BCUT2D eigenvalue weighted by Crippen LogP contribution is 2.35. The maximum atomic E-state index is 10.3. The van der Waals surface area contributed by atoms with Crippen LogP contribution in [0, 0.1) is 26.2 Å². The van der Waals surface area contributed by atoms with E-state index in [0.29, 0.717) is 15.6 Å². The van der Waals surface area contributed by atoms with Crippen molar-refractivity contribution in [2.24, 2.45) is 0 Å². The van der Waals surface area contributed by atoms with E-state index in [0.717, 1.165) is 21.8 Å². The fourth-order valence-corrected chi connectivity index (χ4v) is 3.61. The van der Waals surface area contributed by atoms with Gasteiger partial charge in [-0.05, 0) is 38.5 Å². The lowest BCUT2D eigenvalue weighted by atomic mass is 10.2. The van der Waals surface area contributed by atoms with Crippen molar-refractivity contribution < 1.29 is 5.11 Å². The Morgan fingerprint density at radius 2 is 2.05 bits per heavy atom. The summed E-state index contributed by atoms with van der Waals surface area (Å²) in [5, 5.41) is 20.1. The highest BCUT2D eigenvalue weighted by Gasteiger charge is 2.32. The summed E-state index contributed by atoms with van der Waals surface area (Å²) < 4.78 is 0. The zero-order chi connectivity index (χ0) is 16.0. The van der Waals surface area contributed by atoms with E-state index in [1.54, 1.807) is 4.90 Å². The average Bonchev–Trinajstić information content (AvgIpc) is 2.93. The lowest BCUT2D eigenvalue weighted by Gasteiger charge is -2.21. The molecule has 22 heavy (non-hydrogen) atoms. The van der Waals surface area contributed by atoms with Crippen molar-refractivity contribution in [2.45, 2.75) is 20.8 Å². The largest absolute Gasteiger partial charge is 0.510 e. The van der Waals surface area contributed by atoms with Gasteiger partial charge in [-0.3, -0.25) is 5.41 Å². The summed E-state index contributed by atoms with van der Waals surface area (Å²) in [6.45, 7) is 6.16. The van der Waals surface area contributed by atoms with E-state index in [1.165, 1.54) is 11.3 Å². The van der Waals surface area contributed by atoms with Gasteiger partial charge in [0, 0.05) is 15.6 Å². The SMILES string of the molecule is Cc1ccc(Cl)cc1N1CC(O)=C(c2nc(C)c(C)s2)C1=N. The molecule has 0 aliphatic carbocycles. The van der Waals surface area contributed by atoms with Gasteiger partial charge in [0.05, 0.1) is 17.8 Å². The van der Waals surface area contributed by atoms with Crippen molar-refractivity contribution >= 4 is 40.0 Å². The molecule has 0 spiro atoms. The second kappa shape index (κ2) is 5.41. The fourth-order valence-electron chi connectivity index (χ4n) is 2.46. The standard InChI is InChI=1S/C16H16ClN3OS/c1-8-4-5-11(17)6-12(8)20-7-13(21)14(15(20)18)16-19-9(2)10(3)22-16/h4-6,18,21H,7H2,1-3H3. The van der Waals surface area contributed by atoms with Crippen LogP contribution in [0.5, 0.6) is 0 Å². The van der Waals surface area contributed by atoms with Crippen molar-refractivity contribution in [1.29, 1.82) is 5.41 Å². The molecular formula is C16H16ClN3OS. The predicted molar refractivity (Wildman–Crippen MR) is 92.4 cm³/mol. The Bertz CT molecular complexity index is 790. The molecule has 114 valence electrons. The number of aliphatic hydroxyl groups excluding tert-OH is 1. The third kappa shape index (κ3) is 2.40. The molecule has 1 aromatic carbocycles. The summed E-state index contributed by atoms with van der Waals surface area (Å²) in [7, 11) is 0. The van der Waals surface area contributed by atoms with Gasteiger partial charge in [0.2, 0.25) is 0 Å². The minimum atomic E-state index is 0.179. The molecule has 6 heteroatoms. The summed E-state index contributed by atoms with van der Waals surface area (Å²) >= 11 is 7.57. The molecule has 0 fully saturated rings. The Hall–Kier alpha value is -1.85. The number of benzene rings is 1. The van der Waals surface area contributed by atoms with Crippen LogP contribution in [0.3, 0.4) is 0 Å². The van der Waals surface area contributed by atoms with Crippen LogP contribution in [-0.2, 0) is 0 Å². The third-order valence-corrected chi connectivity index (χ3v) is 5.13. The average molecular weight is 334 g/mol. The zero-order valence-electron chi connectivity index (χ0n) is 12.6. The number of anilines is 1. The van der Waals surface area contributed by atoms with Crippen LogP contribution in [0.1, 0.15) is 21.1 Å². The molecule has 2 N–H and O–H groups in total.